The molecule has 1 unspecified atom stereocenters. The Morgan fingerprint density at radius 1 is 1.41 bits per heavy atom. The molecule has 0 aliphatic carbocycles. The smallest absolute Gasteiger partial charge is 0.248 e. The Hall–Kier alpha value is -0.610. The molecule has 1 atom stereocenters. The third kappa shape index (κ3) is 5.04. The molecule has 0 aromatic rings. The summed E-state index contributed by atoms with van der Waals surface area (Å²) < 4.78 is 5.20. The molecule has 0 bridgehead atoms. The van der Waals surface area contributed by atoms with Crippen LogP contribution < -0.4 is 5.73 Å². The SMILES string of the molecule is CC(C)C1CCCN(C(=O)COCCN)CC1. The topological polar surface area (TPSA) is 55.6 Å². The second-order valence-corrected chi connectivity index (χ2v) is 5.16. The minimum atomic E-state index is 0.114. The van der Waals surface area contributed by atoms with Crippen molar-refractivity contribution in [2.75, 3.05) is 32.8 Å². The summed E-state index contributed by atoms with van der Waals surface area (Å²) in [4.78, 5) is 13.8. The van der Waals surface area contributed by atoms with Gasteiger partial charge in [-0.25, -0.2) is 0 Å². The molecule has 0 aromatic carbocycles. The normalized spacial score (nSPS) is 21.6. The van der Waals surface area contributed by atoms with Crippen molar-refractivity contribution in [3.63, 3.8) is 0 Å². The van der Waals surface area contributed by atoms with E-state index in [1.54, 1.807) is 0 Å². The Bertz CT molecular complexity index is 231. The zero-order valence-electron chi connectivity index (χ0n) is 11.2. The summed E-state index contributed by atoms with van der Waals surface area (Å²) in [5, 5.41) is 0. The molecule has 4 nitrogen and oxygen atoms in total. The molecule has 0 radical (unpaired) electrons. The van der Waals surface area contributed by atoms with Crippen LogP contribution in [0.1, 0.15) is 33.1 Å². The lowest BCUT2D eigenvalue weighted by Crippen LogP contribution is -2.35. The molecule has 0 saturated carbocycles. The van der Waals surface area contributed by atoms with Gasteiger partial charge in [-0.3, -0.25) is 4.79 Å². The van der Waals surface area contributed by atoms with Crippen LogP contribution in [0, 0.1) is 11.8 Å². The summed E-state index contributed by atoms with van der Waals surface area (Å²) in [7, 11) is 0. The number of nitrogens with two attached hydrogens (primary N) is 1. The van der Waals surface area contributed by atoms with Crippen LogP contribution in [0.5, 0.6) is 0 Å². The highest BCUT2D eigenvalue weighted by atomic mass is 16.5. The van der Waals surface area contributed by atoms with Gasteiger partial charge in [0, 0.05) is 19.6 Å². The Morgan fingerprint density at radius 2 is 2.18 bits per heavy atom. The van der Waals surface area contributed by atoms with E-state index in [0.717, 1.165) is 37.8 Å². The first-order valence-electron chi connectivity index (χ1n) is 6.70. The predicted octanol–water partition coefficient (Wildman–Crippen LogP) is 1.25. The van der Waals surface area contributed by atoms with Crippen LogP contribution in [0.2, 0.25) is 0 Å². The maximum Gasteiger partial charge on any atom is 0.248 e. The van der Waals surface area contributed by atoms with E-state index in [1.807, 2.05) is 4.90 Å². The maximum absolute atomic E-state index is 11.9. The van der Waals surface area contributed by atoms with E-state index in [1.165, 1.54) is 6.42 Å². The molecule has 1 amide bonds. The zero-order valence-corrected chi connectivity index (χ0v) is 11.2. The fourth-order valence-corrected chi connectivity index (χ4v) is 2.37. The van der Waals surface area contributed by atoms with Gasteiger partial charge in [-0.05, 0) is 31.1 Å². The summed E-state index contributed by atoms with van der Waals surface area (Å²) in [6, 6.07) is 0. The Morgan fingerprint density at radius 3 is 2.82 bits per heavy atom. The molecular weight excluding hydrogens is 216 g/mol. The summed E-state index contributed by atoms with van der Waals surface area (Å²) in [5.41, 5.74) is 5.32. The highest BCUT2D eigenvalue weighted by Gasteiger charge is 2.22. The van der Waals surface area contributed by atoms with E-state index in [0.29, 0.717) is 13.2 Å². The largest absolute Gasteiger partial charge is 0.370 e. The molecule has 1 aliphatic heterocycles. The third-order valence-corrected chi connectivity index (χ3v) is 3.56. The first-order chi connectivity index (χ1) is 8.15. The highest BCUT2D eigenvalue weighted by molar-refractivity contribution is 5.77. The van der Waals surface area contributed by atoms with E-state index >= 15 is 0 Å². The van der Waals surface area contributed by atoms with Crippen molar-refractivity contribution in [3.8, 4) is 0 Å². The van der Waals surface area contributed by atoms with Crippen LogP contribution in [0.15, 0.2) is 0 Å². The number of carbonyl (C=O) groups is 1. The molecule has 17 heavy (non-hydrogen) atoms. The van der Waals surface area contributed by atoms with Gasteiger partial charge in [-0.15, -0.1) is 0 Å². The van der Waals surface area contributed by atoms with Gasteiger partial charge in [0.15, 0.2) is 0 Å². The molecule has 1 saturated heterocycles. The zero-order chi connectivity index (χ0) is 12.7. The Balaban J connectivity index is 2.32. The van der Waals surface area contributed by atoms with Crippen LogP contribution in [-0.2, 0) is 9.53 Å². The Kier molecular flexibility index (Phi) is 6.52. The van der Waals surface area contributed by atoms with Crippen molar-refractivity contribution >= 4 is 5.91 Å². The van der Waals surface area contributed by atoms with Gasteiger partial charge in [0.25, 0.3) is 0 Å². The number of hydrogen-bond acceptors (Lipinski definition) is 3. The minimum absolute atomic E-state index is 0.114. The lowest BCUT2D eigenvalue weighted by Gasteiger charge is -2.21. The van der Waals surface area contributed by atoms with Gasteiger partial charge in [0.2, 0.25) is 5.91 Å². The molecule has 0 spiro atoms. The van der Waals surface area contributed by atoms with E-state index in [9.17, 15) is 4.79 Å². The van der Waals surface area contributed by atoms with Gasteiger partial charge < -0.3 is 15.4 Å². The number of ether oxygens (including phenoxy) is 1. The van der Waals surface area contributed by atoms with E-state index < -0.39 is 0 Å². The first kappa shape index (κ1) is 14.5. The van der Waals surface area contributed by atoms with E-state index in [4.69, 9.17) is 10.5 Å². The standard InChI is InChI=1S/C13H26N2O2/c1-11(2)12-4-3-7-15(8-5-12)13(16)10-17-9-6-14/h11-12H,3-10,14H2,1-2H3. The number of amides is 1. The Labute approximate surface area is 104 Å². The number of nitrogens with zero attached hydrogens (tertiary/aromatic N) is 1. The molecule has 4 heteroatoms. The summed E-state index contributed by atoms with van der Waals surface area (Å²) >= 11 is 0. The van der Waals surface area contributed by atoms with Crippen LogP contribution in [0.3, 0.4) is 0 Å². The van der Waals surface area contributed by atoms with Crippen molar-refractivity contribution < 1.29 is 9.53 Å². The van der Waals surface area contributed by atoms with Crippen LogP contribution in [-0.4, -0.2) is 43.7 Å². The lowest BCUT2D eigenvalue weighted by molar-refractivity contribution is -0.136. The third-order valence-electron chi connectivity index (χ3n) is 3.56. The molecule has 1 aliphatic rings. The molecule has 2 N–H and O–H groups in total. The number of carbonyl (C=O) groups excluding carboxylic acids is 1. The van der Waals surface area contributed by atoms with E-state index in [-0.39, 0.29) is 12.5 Å². The average molecular weight is 242 g/mol. The van der Waals surface area contributed by atoms with Gasteiger partial charge in [-0.2, -0.15) is 0 Å². The van der Waals surface area contributed by atoms with Crippen molar-refractivity contribution in [2.45, 2.75) is 33.1 Å². The molecule has 0 aromatic heterocycles. The molecule has 100 valence electrons. The molecular formula is C13H26N2O2. The highest BCUT2D eigenvalue weighted by Crippen LogP contribution is 2.24. The quantitative estimate of drug-likeness (QED) is 0.738. The average Bonchev–Trinajstić information content (AvgIpc) is 2.54. The van der Waals surface area contributed by atoms with Crippen molar-refractivity contribution in [1.29, 1.82) is 0 Å². The minimum Gasteiger partial charge on any atom is -0.370 e. The summed E-state index contributed by atoms with van der Waals surface area (Å²) in [5.74, 6) is 1.60. The molecule has 1 heterocycles. The lowest BCUT2D eigenvalue weighted by atomic mass is 9.89. The molecule has 1 rings (SSSR count). The van der Waals surface area contributed by atoms with Crippen LogP contribution in [0.25, 0.3) is 0 Å². The first-order valence-corrected chi connectivity index (χ1v) is 6.70. The fraction of sp³-hybridized carbons (Fsp3) is 0.923. The summed E-state index contributed by atoms with van der Waals surface area (Å²) in [6.07, 6.45) is 3.48. The van der Waals surface area contributed by atoms with Crippen molar-refractivity contribution in [2.24, 2.45) is 17.6 Å². The van der Waals surface area contributed by atoms with Gasteiger partial charge in [-0.1, -0.05) is 13.8 Å². The van der Waals surface area contributed by atoms with Gasteiger partial charge in [0.05, 0.1) is 6.61 Å². The summed E-state index contributed by atoms with van der Waals surface area (Å²) in [6.45, 7) is 7.43. The van der Waals surface area contributed by atoms with Crippen LogP contribution >= 0.6 is 0 Å². The second-order valence-electron chi connectivity index (χ2n) is 5.16. The number of rotatable bonds is 5. The monoisotopic (exact) mass is 242 g/mol. The fourth-order valence-electron chi connectivity index (χ4n) is 2.37. The van der Waals surface area contributed by atoms with E-state index in [2.05, 4.69) is 13.8 Å². The predicted molar refractivity (Wildman–Crippen MR) is 68.6 cm³/mol. The van der Waals surface area contributed by atoms with Crippen molar-refractivity contribution in [1.82, 2.24) is 4.90 Å². The van der Waals surface area contributed by atoms with Crippen LogP contribution in [0.4, 0.5) is 0 Å². The van der Waals surface area contributed by atoms with Crippen molar-refractivity contribution in [3.05, 3.63) is 0 Å². The molecule has 1 fully saturated rings. The van der Waals surface area contributed by atoms with Gasteiger partial charge >= 0.3 is 0 Å². The van der Waals surface area contributed by atoms with Gasteiger partial charge in [0.1, 0.15) is 6.61 Å². The number of hydrogen-bond donors (Lipinski definition) is 1. The second kappa shape index (κ2) is 7.67. The number of likely N-dealkylation sites (tertiary alicyclic amines) is 1. The maximum atomic E-state index is 11.9.